The van der Waals surface area contributed by atoms with E-state index in [0.29, 0.717) is 12.1 Å². The Labute approximate surface area is 106 Å². The zero-order valence-corrected chi connectivity index (χ0v) is 10.1. The fraction of sp³-hybridized carbons (Fsp3) is 0.357. The van der Waals surface area contributed by atoms with Crippen molar-refractivity contribution < 1.29 is 14.3 Å². The van der Waals surface area contributed by atoms with Gasteiger partial charge in [0.05, 0.1) is 5.56 Å². The first kappa shape index (κ1) is 14.2. The predicted molar refractivity (Wildman–Crippen MR) is 67.8 cm³/mol. The first-order valence-corrected chi connectivity index (χ1v) is 5.81. The molecule has 1 aromatic rings. The summed E-state index contributed by atoms with van der Waals surface area (Å²) in [6.07, 6.45) is 7.72. The highest BCUT2D eigenvalue weighted by atomic mass is 19.1. The summed E-state index contributed by atoms with van der Waals surface area (Å²) in [5, 5.41) is 11.9. The minimum absolute atomic E-state index is 0.0977. The van der Waals surface area contributed by atoms with Gasteiger partial charge in [-0.2, -0.15) is 0 Å². The van der Waals surface area contributed by atoms with Crippen molar-refractivity contribution in [2.75, 3.05) is 6.54 Å². The quantitative estimate of drug-likeness (QED) is 0.576. The molecule has 4 heteroatoms. The van der Waals surface area contributed by atoms with Crippen LogP contribution in [-0.4, -0.2) is 17.6 Å². The maximum absolute atomic E-state index is 13.4. The van der Waals surface area contributed by atoms with E-state index < -0.39 is 11.8 Å². The molecule has 2 N–H and O–H groups in total. The molecular weight excluding hydrogens is 233 g/mol. The van der Waals surface area contributed by atoms with Gasteiger partial charge in [-0.05, 0) is 37.6 Å². The molecule has 0 aromatic heterocycles. The van der Waals surface area contributed by atoms with E-state index in [0.717, 1.165) is 25.8 Å². The Bertz CT molecular complexity index is 452. The number of aromatic carboxylic acids is 1. The van der Waals surface area contributed by atoms with Gasteiger partial charge in [0.25, 0.3) is 0 Å². The molecule has 0 amide bonds. The number of unbranched alkanes of at least 4 members (excludes halogenated alkanes) is 2. The predicted octanol–water partition coefficient (Wildman–Crippen LogP) is 2.42. The van der Waals surface area contributed by atoms with Crippen molar-refractivity contribution in [1.29, 1.82) is 0 Å². The zero-order valence-electron chi connectivity index (χ0n) is 10.1. The normalized spacial score (nSPS) is 10.0. The fourth-order valence-corrected chi connectivity index (χ4v) is 1.54. The Morgan fingerprint density at radius 3 is 2.89 bits per heavy atom. The lowest BCUT2D eigenvalue weighted by atomic mass is 10.1. The Balaban J connectivity index is 2.44. The minimum Gasteiger partial charge on any atom is -0.478 e. The number of carboxylic acids is 1. The molecule has 0 aliphatic heterocycles. The molecular formula is C14H16FNO2. The van der Waals surface area contributed by atoms with Crippen molar-refractivity contribution >= 4 is 5.97 Å². The van der Waals surface area contributed by atoms with Gasteiger partial charge in [0, 0.05) is 18.5 Å². The van der Waals surface area contributed by atoms with E-state index >= 15 is 0 Å². The van der Waals surface area contributed by atoms with E-state index in [4.69, 9.17) is 11.5 Å². The molecule has 0 aliphatic rings. The van der Waals surface area contributed by atoms with Crippen LogP contribution >= 0.6 is 0 Å². The molecule has 0 saturated carbocycles. The van der Waals surface area contributed by atoms with Crippen molar-refractivity contribution in [3.63, 3.8) is 0 Å². The average molecular weight is 249 g/mol. The van der Waals surface area contributed by atoms with E-state index in [1.54, 1.807) is 0 Å². The summed E-state index contributed by atoms with van der Waals surface area (Å²) in [6.45, 7) is 1.06. The summed E-state index contributed by atoms with van der Waals surface area (Å²) >= 11 is 0. The van der Waals surface area contributed by atoms with E-state index in [1.807, 2.05) is 0 Å². The second kappa shape index (κ2) is 7.46. The van der Waals surface area contributed by atoms with Crippen LogP contribution in [0.25, 0.3) is 0 Å². The number of carbonyl (C=O) groups is 1. The average Bonchev–Trinajstić information content (AvgIpc) is 2.35. The highest BCUT2D eigenvalue weighted by molar-refractivity contribution is 5.87. The number of benzene rings is 1. The summed E-state index contributed by atoms with van der Waals surface area (Å²) in [5.74, 6) is 1.11. The van der Waals surface area contributed by atoms with Gasteiger partial charge in [-0.15, -0.1) is 12.3 Å². The van der Waals surface area contributed by atoms with Crippen LogP contribution in [-0.2, 0) is 6.54 Å². The van der Waals surface area contributed by atoms with Crippen molar-refractivity contribution in [2.45, 2.75) is 25.8 Å². The van der Waals surface area contributed by atoms with Crippen molar-refractivity contribution in [2.24, 2.45) is 0 Å². The van der Waals surface area contributed by atoms with E-state index in [1.165, 1.54) is 18.2 Å². The number of hydrogen-bond donors (Lipinski definition) is 2. The molecule has 0 unspecified atom stereocenters. The maximum atomic E-state index is 13.4. The Kier molecular flexibility index (Phi) is 5.89. The van der Waals surface area contributed by atoms with Gasteiger partial charge in [0.2, 0.25) is 0 Å². The van der Waals surface area contributed by atoms with Gasteiger partial charge < -0.3 is 10.4 Å². The Morgan fingerprint density at radius 1 is 1.44 bits per heavy atom. The lowest BCUT2D eigenvalue weighted by Crippen LogP contribution is -2.16. The minimum atomic E-state index is -1.05. The monoisotopic (exact) mass is 249 g/mol. The first-order chi connectivity index (χ1) is 8.65. The van der Waals surface area contributed by atoms with Gasteiger partial charge >= 0.3 is 5.97 Å². The van der Waals surface area contributed by atoms with Crippen LogP contribution in [0.15, 0.2) is 18.2 Å². The first-order valence-electron chi connectivity index (χ1n) is 5.81. The molecule has 1 aromatic carbocycles. The van der Waals surface area contributed by atoms with Crippen LogP contribution in [0, 0.1) is 18.2 Å². The van der Waals surface area contributed by atoms with Crippen molar-refractivity contribution in [3.05, 3.63) is 35.1 Å². The maximum Gasteiger partial charge on any atom is 0.335 e. The molecule has 3 nitrogen and oxygen atoms in total. The van der Waals surface area contributed by atoms with Gasteiger partial charge in [0.1, 0.15) is 5.82 Å². The molecule has 0 bridgehead atoms. The summed E-state index contributed by atoms with van der Waals surface area (Å²) in [4.78, 5) is 10.8. The third-order valence-corrected chi connectivity index (χ3v) is 2.53. The highest BCUT2D eigenvalue weighted by Gasteiger charge is 2.07. The third kappa shape index (κ3) is 4.56. The topological polar surface area (TPSA) is 49.3 Å². The highest BCUT2D eigenvalue weighted by Crippen LogP contribution is 2.10. The smallest absolute Gasteiger partial charge is 0.335 e. The molecule has 0 spiro atoms. The molecule has 0 fully saturated rings. The fourth-order valence-electron chi connectivity index (χ4n) is 1.54. The Hall–Kier alpha value is -1.86. The van der Waals surface area contributed by atoms with Crippen molar-refractivity contribution in [1.82, 2.24) is 5.32 Å². The largest absolute Gasteiger partial charge is 0.478 e. The molecule has 0 radical (unpaired) electrons. The van der Waals surface area contributed by atoms with Crippen LogP contribution in [0.4, 0.5) is 4.39 Å². The second-order valence-corrected chi connectivity index (χ2v) is 3.95. The summed E-state index contributed by atoms with van der Waals surface area (Å²) in [5.41, 5.74) is 0.465. The summed E-state index contributed by atoms with van der Waals surface area (Å²) in [6, 6.07) is 3.79. The van der Waals surface area contributed by atoms with Crippen molar-refractivity contribution in [3.8, 4) is 12.3 Å². The van der Waals surface area contributed by atoms with Gasteiger partial charge in [0.15, 0.2) is 0 Å². The van der Waals surface area contributed by atoms with Gasteiger partial charge in [-0.1, -0.05) is 0 Å². The van der Waals surface area contributed by atoms with Gasteiger partial charge in [-0.3, -0.25) is 0 Å². The van der Waals surface area contributed by atoms with Crippen LogP contribution in [0.1, 0.15) is 35.2 Å². The standard InChI is InChI=1S/C14H16FNO2/c1-2-3-4-5-8-16-10-12-9-11(14(17)18)6-7-13(12)15/h1,6-7,9,16H,3-5,8,10H2,(H,17,18). The molecule has 0 heterocycles. The number of carboxylic acid groups (broad SMARTS) is 1. The lowest BCUT2D eigenvalue weighted by Gasteiger charge is -2.06. The molecule has 0 saturated heterocycles. The number of rotatable bonds is 7. The lowest BCUT2D eigenvalue weighted by molar-refractivity contribution is 0.0696. The summed E-state index contributed by atoms with van der Waals surface area (Å²) < 4.78 is 13.4. The SMILES string of the molecule is C#CCCCCNCc1cc(C(=O)O)ccc1F. The van der Waals surface area contributed by atoms with Gasteiger partial charge in [-0.25, -0.2) is 9.18 Å². The number of terminal acetylenes is 1. The van der Waals surface area contributed by atoms with Crippen LogP contribution < -0.4 is 5.32 Å². The van der Waals surface area contributed by atoms with Crippen LogP contribution in [0.2, 0.25) is 0 Å². The van der Waals surface area contributed by atoms with E-state index in [2.05, 4.69) is 11.2 Å². The molecule has 0 atom stereocenters. The Morgan fingerprint density at radius 2 is 2.22 bits per heavy atom. The molecule has 0 aliphatic carbocycles. The third-order valence-electron chi connectivity index (χ3n) is 2.53. The number of nitrogens with one attached hydrogen (secondary N) is 1. The van der Waals surface area contributed by atoms with Crippen LogP contribution in [0.3, 0.4) is 0 Å². The molecule has 96 valence electrons. The summed E-state index contributed by atoms with van der Waals surface area (Å²) in [7, 11) is 0. The second-order valence-electron chi connectivity index (χ2n) is 3.95. The van der Waals surface area contributed by atoms with E-state index in [9.17, 15) is 9.18 Å². The molecule has 1 rings (SSSR count). The van der Waals surface area contributed by atoms with E-state index in [-0.39, 0.29) is 5.56 Å². The number of halogens is 1. The zero-order chi connectivity index (χ0) is 13.4. The number of hydrogen-bond acceptors (Lipinski definition) is 2. The van der Waals surface area contributed by atoms with Crippen LogP contribution in [0.5, 0.6) is 0 Å². The molecule has 18 heavy (non-hydrogen) atoms.